The number of carbonyl (C=O) groups is 2. The Bertz CT molecular complexity index is 627. The van der Waals surface area contributed by atoms with Crippen molar-refractivity contribution in [2.45, 2.75) is 25.7 Å². The number of rotatable bonds is 8. The molecule has 0 aliphatic heterocycles. The van der Waals surface area contributed by atoms with Gasteiger partial charge in [0.15, 0.2) is 9.84 Å². The predicted molar refractivity (Wildman–Crippen MR) is 83.4 cm³/mol. The minimum absolute atomic E-state index is 0.0602. The lowest BCUT2D eigenvalue weighted by Crippen LogP contribution is -2.45. The van der Waals surface area contributed by atoms with Gasteiger partial charge in [-0.15, -0.1) is 0 Å². The smallest absolute Gasteiger partial charge is 0.315 e. The molecule has 0 saturated heterocycles. The van der Waals surface area contributed by atoms with Gasteiger partial charge in [-0.05, 0) is 18.9 Å². The molecule has 1 aromatic carbocycles. The van der Waals surface area contributed by atoms with Crippen LogP contribution in [-0.2, 0) is 24.8 Å². The highest BCUT2D eigenvalue weighted by atomic mass is 32.2. The van der Waals surface area contributed by atoms with Crippen LogP contribution in [0.4, 0.5) is 0 Å². The number of hydrogen-bond donors (Lipinski definition) is 2. The number of carboxylic acids is 1. The van der Waals surface area contributed by atoms with Gasteiger partial charge in [-0.2, -0.15) is 0 Å². The van der Waals surface area contributed by atoms with Crippen LogP contribution in [0.1, 0.15) is 25.8 Å². The van der Waals surface area contributed by atoms with E-state index >= 15 is 0 Å². The lowest BCUT2D eigenvalue weighted by atomic mass is 9.82. The molecule has 1 unspecified atom stereocenters. The van der Waals surface area contributed by atoms with Gasteiger partial charge < -0.3 is 10.4 Å². The van der Waals surface area contributed by atoms with Crippen LogP contribution >= 0.6 is 0 Å². The molecule has 0 aliphatic carbocycles. The summed E-state index contributed by atoms with van der Waals surface area (Å²) in [4.78, 5) is 23.3. The molecule has 7 heteroatoms. The Labute approximate surface area is 130 Å². The Morgan fingerprint density at radius 2 is 1.82 bits per heavy atom. The van der Waals surface area contributed by atoms with E-state index in [1.54, 1.807) is 37.3 Å². The molecular weight excluding hydrogens is 306 g/mol. The van der Waals surface area contributed by atoms with Crippen LogP contribution in [0.15, 0.2) is 30.3 Å². The fourth-order valence-corrected chi connectivity index (χ4v) is 3.28. The lowest BCUT2D eigenvalue weighted by Gasteiger charge is -2.25. The highest BCUT2D eigenvalue weighted by Crippen LogP contribution is 2.23. The average molecular weight is 327 g/mol. The summed E-state index contributed by atoms with van der Waals surface area (Å²) in [5.74, 6) is -2.45. The Balaban J connectivity index is 2.78. The second-order valence-electron chi connectivity index (χ2n) is 5.37. The first-order valence-corrected chi connectivity index (χ1v) is 8.79. The number of benzene rings is 1. The van der Waals surface area contributed by atoms with Gasteiger partial charge in [0.25, 0.3) is 0 Å². The molecule has 2 N–H and O–H groups in total. The van der Waals surface area contributed by atoms with Gasteiger partial charge in [0.2, 0.25) is 5.91 Å². The highest BCUT2D eigenvalue weighted by Gasteiger charge is 2.35. The van der Waals surface area contributed by atoms with Gasteiger partial charge in [0.05, 0.1) is 5.75 Å². The van der Waals surface area contributed by atoms with Crippen molar-refractivity contribution in [1.29, 1.82) is 0 Å². The average Bonchev–Trinajstić information content (AvgIpc) is 2.44. The quantitative estimate of drug-likeness (QED) is 0.741. The zero-order chi connectivity index (χ0) is 16.8. The van der Waals surface area contributed by atoms with Crippen molar-refractivity contribution in [1.82, 2.24) is 5.32 Å². The number of hydrogen-bond acceptors (Lipinski definition) is 4. The van der Waals surface area contributed by atoms with Crippen LogP contribution in [0.2, 0.25) is 0 Å². The highest BCUT2D eigenvalue weighted by molar-refractivity contribution is 7.92. The van der Waals surface area contributed by atoms with E-state index < -0.39 is 32.9 Å². The molecule has 0 heterocycles. The lowest BCUT2D eigenvalue weighted by molar-refractivity contribution is -0.143. The third-order valence-corrected chi connectivity index (χ3v) is 5.12. The third kappa shape index (κ3) is 4.84. The topological polar surface area (TPSA) is 101 Å². The van der Waals surface area contributed by atoms with Crippen molar-refractivity contribution in [3.63, 3.8) is 0 Å². The van der Waals surface area contributed by atoms with E-state index in [0.717, 1.165) is 0 Å². The first kappa shape index (κ1) is 18.2. The van der Waals surface area contributed by atoms with Crippen molar-refractivity contribution in [3.8, 4) is 0 Å². The molecular formula is C15H21NO5S. The minimum atomic E-state index is -3.44. The molecule has 0 fully saturated rings. The van der Waals surface area contributed by atoms with E-state index in [1.807, 2.05) is 0 Å². The van der Waals surface area contributed by atoms with Gasteiger partial charge in [-0.3, -0.25) is 9.59 Å². The van der Waals surface area contributed by atoms with E-state index in [0.29, 0.717) is 12.0 Å². The van der Waals surface area contributed by atoms with Gasteiger partial charge in [0.1, 0.15) is 11.2 Å². The van der Waals surface area contributed by atoms with E-state index in [2.05, 4.69) is 5.32 Å². The fourth-order valence-electron chi connectivity index (χ4n) is 2.02. The van der Waals surface area contributed by atoms with Crippen molar-refractivity contribution in [3.05, 3.63) is 35.9 Å². The third-order valence-electron chi connectivity index (χ3n) is 3.39. The molecule has 1 amide bonds. The van der Waals surface area contributed by atoms with Crippen molar-refractivity contribution >= 4 is 21.7 Å². The molecule has 0 aliphatic rings. The number of sulfone groups is 1. The summed E-state index contributed by atoms with van der Waals surface area (Å²) in [7, 11) is -3.44. The summed E-state index contributed by atoms with van der Waals surface area (Å²) in [6.45, 7) is 3.03. The molecule has 0 bridgehead atoms. The van der Waals surface area contributed by atoms with E-state index in [-0.39, 0.29) is 12.3 Å². The van der Waals surface area contributed by atoms with Crippen molar-refractivity contribution in [2.24, 2.45) is 0 Å². The van der Waals surface area contributed by atoms with Gasteiger partial charge in [0, 0.05) is 6.54 Å². The van der Waals surface area contributed by atoms with Crippen LogP contribution in [-0.4, -0.2) is 43.5 Å². The molecule has 22 heavy (non-hydrogen) atoms. The predicted octanol–water partition coefficient (Wildman–Crippen LogP) is 0.970. The molecule has 0 saturated carbocycles. The molecule has 0 spiro atoms. The molecule has 1 atom stereocenters. The summed E-state index contributed by atoms with van der Waals surface area (Å²) in [5, 5.41) is 11.9. The Morgan fingerprint density at radius 3 is 2.32 bits per heavy atom. The van der Waals surface area contributed by atoms with Crippen LogP contribution in [0.25, 0.3) is 0 Å². The van der Waals surface area contributed by atoms with E-state index in [1.165, 1.54) is 6.92 Å². The molecule has 1 rings (SSSR count). The fraction of sp³-hybridized carbons (Fsp3) is 0.467. The van der Waals surface area contributed by atoms with Gasteiger partial charge in [-0.1, -0.05) is 37.3 Å². The number of amides is 1. The summed E-state index contributed by atoms with van der Waals surface area (Å²) in [5.41, 5.74) is -0.773. The molecule has 6 nitrogen and oxygen atoms in total. The molecule has 122 valence electrons. The Kier molecular flexibility index (Phi) is 6.11. The number of carbonyl (C=O) groups excluding carboxylic acids is 1. The zero-order valence-corrected chi connectivity index (χ0v) is 13.5. The number of carboxylic acid groups (broad SMARTS) is 1. The molecule has 1 aromatic rings. The summed E-state index contributed by atoms with van der Waals surface area (Å²) in [6, 6.07) is 8.51. The van der Waals surface area contributed by atoms with Gasteiger partial charge in [-0.25, -0.2) is 8.42 Å². The van der Waals surface area contributed by atoms with E-state index in [4.69, 9.17) is 0 Å². The van der Waals surface area contributed by atoms with Crippen molar-refractivity contribution in [2.75, 3.05) is 18.1 Å². The maximum atomic E-state index is 11.8. The maximum absolute atomic E-state index is 11.8. The van der Waals surface area contributed by atoms with Crippen LogP contribution in [0.3, 0.4) is 0 Å². The summed E-state index contributed by atoms with van der Waals surface area (Å²) in [6.07, 6.45) is 0.437. The molecule has 0 aromatic heterocycles. The normalized spacial score (nSPS) is 14.1. The second kappa shape index (κ2) is 7.40. The minimum Gasteiger partial charge on any atom is -0.481 e. The maximum Gasteiger partial charge on any atom is 0.315 e. The first-order chi connectivity index (χ1) is 10.2. The zero-order valence-electron chi connectivity index (χ0n) is 12.7. The van der Waals surface area contributed by atoms with Crippen LogP contribution < -0.4 is 5.32 Å². The Hall–Kier alpha value is -1.89. The van der Waals surface area contributed by atoms with E-state index in [9.17, 15) is 23.1 Å². The largest absolute Gasteiger partial charge is 0.481 e. The SMILES string of the molecule is CCCS(=O)(=O)CC(=O)NCC(C)(C(=O)O)c1ccccc1. The number of nitrogens with one attached hydrogen (secondary N) is 1. The Morgan fingerprint density at radius 1 is 1.23 bits per heavy atom. The summed E-state index contributed by atoms with van der Waals surface area (Å²) >= 11 is 0. The molecule has 0 radical (unpaired) electrons. The van der Waals surface area contributed by atoms with Crippen molar-refractivity contribution < 1.29 is 23.1 Å². The second-order valence-corrected chi connectivity index (χ2v) is 7.56. The summed E-state index contributed by atoms with van der Waals surface area (Å²) < 4.78 is 23.2. The number of aliphatic carboxylic acids is 1. The monoisotopic (exact) mass is 327 g/mol. The van der Waals surface area contributed by atoms with Gasteiger partial charge >= 0.3 is 5.97 Å². The van der Waals surface area contributed by atoms with Crippen LogP contribution in [0, 0.1) is 0 Å². The first-order valence-electron chi connectivity index (χ1n) is 6.97. The van der Waals surface area contributed by atoms with Crippen LogP contribution in [0.5, 0.6) is 0 Å². The standard InChI is InChI=1S/C15H21NO5S/c1-3-9-22(20,21)10-13(17)16-11-15(2,14(18)19)12-7-5-4-6-8-12/h4-8H,3,9-11H2,1-2H3,(H,16,17)(H,18,19).